The number of hydrogen-bond donors (Lipinski definition) is 2. The van der Waals surface area contributed by atoms with Crippen LogP contribution in [0.25, 0.3) is 0 Å². The fraction of sp³-hybridized carbons (Fsp3) is 0.619. The van der Waals surface area contributed by atoms with Crippen molar-refractivity contribution in [1.82, 2.24) is 5.32 Å². The van der Waals surface area contributed by atoms with Crippen molar-refractivity contribution < 1.29 is 24.2 Å². The highest BCUT2D eigenvalue weighted by molar-refractivity contribution is 5.80. The highest BCUT2D eigenvalue weighted by atomic mass is 16.6. The summed E-state index contributed by atoms with van der Waals surface area (Å²) in [4.78, 5) is 23.3. The summed E-state index contributed by atoms with van der Waals surface area (Å²) in [5.41, 5.74) is 0.133. The molecule has 1 amide bonds. The van der Waals surface area contributed by atoms with Crippen LogP contribution in [-0.2, 0) is 16.0 Å². The molecule has 1 saturated carbocycles. The van der Waals surface area contributed by atoms with Crippen LogP contribution in [0.1, 0.15) is 58.4 Å². The summed E-state index contributed by atoms with van der Waals surface area (Å²) in [5.74, 6) is 0.322. The zero-order valence-corrected chi connectivity index (χ0v) is 16.5. The Balaban J connectivity index is 1.86. The van der Waals surface area contributed by atoms with Gasteiger partial charge >= 0.3 is 12.1 Å². The van der Waals surface area contributed by atoms with Crippen LogP contribution in [0.3, 0.4) is 0 Å². The van der Waals surface area contributed by atoms with Gasteiger partial charge < -0.3 is 19.9 Å². The number of rotatable bonds is 7. The van der Waals surface area contributed by atoms with E-state index in [9.17, 15) is 14.7 Å². The molecular formula is C21H31NO5. The van der Waals surface area contributed by atoms with Gasteiger partial charge in [0.25, 0.3) is 0 Å². The lowest BCUT2D eigenvalue weighted by atomic mass is 9.90. The van der Waals surface area contributed by atoms with Gasteiger partial charge in [0.15, 0.2) is 0 Å². The zero-order chi connectivity index (χ0) is 19.9. The number of carboxylic acids is 1. The van der Waals surface area contributed by atoms with Crippen LogP contribution in [0.2, 0.25) is 0 Å². The molecule has 0 heterocycles. The largest absolute Gasteiger partial charge is 0.493 e. The van der Waals surface area contributed by atoms with Gasteiger partial charge in [-0.15, -0.1) is 0 Å². The van der Waals surface area contributed by atoms with Crippen LogP contribution in [0.4, 0.5) is 4.79 Å². The Labute approximate surface area is 161 Å². The van der Waals surface area contributed by atoms with Gasteiger partial charge in [-0.2, -0.15) is 0 Å². The molecule has 1 atom stereocenters. The van der Waals surface area contributed by atoms with E-state index in [0.717, 1.165) is 17.9 Å². The van der Waals surface area contributed by atoms with E-state index in [4.69, 9.17) is 9.47 Å². The van der Waals surface area contributed by atoms with E-state index >= 15 is 0 Å². The van der Waals surface area contributed by atoms with E-state index in [1.807, 2.05) is 24.3 Å². The molecule has 0 aliphatic heterocycles. The zero-order valence-electron chi connectivity index (χ0n) is 16.5. The molecule has 27 heavy (non-hydrogen) atoms. The highest BCUT2D eigenvalue weighted by Gasteiger charge is 2.24. The topological polar surface area (TPSA) is 84.9 Å². The standard InChI is InChI=1S/C21H31NO5/c1-21(2,3)27-20(25)22-18(19(23)24)13-15-9-11-17(12-10-15)26-14-16-7-5-4-6-8-16/h9-12,16,18H,4-8,13-14H2,1-3H3,(H,22,25)(H,23,24). The lowest BCUT2D eigenvalue weighted by Crippen LogP contribution is -2.44. The Hall–Kier alpha value is -2.24. The van der Waals surface area contributed by atoms with Gasteiger partial charge in [-0.25, -0.2) is 9.59 Å². The maximum atomic E-state index is 11.8. The summed E-state index contributed by atoms with van der Waals surface area (Å²) in [7, 11) is 0. The maximum Gasteiger partial charge on any atom is 0.408 e. The van der Waals surface area contributed by atoms with Gasteiger partial charge in [0.2, 0.25) is 0 Å². The predicted molar refractivity (Wildman–Crippen MR) is 103 cm³/mol. The lowest BCUT2D eigenvalue weighted by Gasteiger charge is -2.22. The SMILES string of the molecule is CC(C)(C)OC(=O)NC(Cc1ccc(OCC2CCCCC2)cc1)C(=O)O. The smallest absolute Gasteiger partial charge is 0.408 e. The Bertz CT molecular complexity index is 614. The van der Waals surface area contributed by atoms with Crippen molar-refractivity contribution in [3.8, 4) is 5.75 Å². The number of carbonyl (C=O) groups excluding carboxylic acids is 1. The first-order valence-electron chi connectivity index (χ1n) is 9.67. The van der Waals surface area contributed by atoms with Crippen molar-refractivity contribution in [2.75, 3.05) is 6.61 Å². The molecule has 2 rings (SSSR count). The third-order valence-corrected chi connectivity index (χ3v) is 4.56. The summed E-state index contributed by atoms with van der Waals surface area (Å²) in [6.45, 7) is 5.93. The molecule has 1 aliphatic rings. The van der Waals surface area contributed by atoms with E-state index in [2.05, 4.69) is 5.32 Å². The number of nitrogens with one attached hydrogen (secondary N) is 1. The molecule has 0 aromatic heterocycles. The molecule has 6 heteroatoms. The normalized spacial score (nSPS) is 16.4. The Kier molecular flexibility index (Phi) is 7.51. The molecule has 0 spiro atoms. The van der Waals surface area contributed by atoms with Gasteiger partial charge in [0, 0.05) is 6.42 Å². The number of amides is 1. The van der Waals surface area contributed by atoms with E-state index < -0.39 is 23.7 Å². The van der Waals surface area contributed by atoms with E-state index in [0.29, 0.717) is 5.92 Å². The second-order valence-electron chi connectivity index (χ2n) is 8.20. The van der Waals surface area contributed by atoms with Gasteiger partial charge in [0.1, 0.15) is 17.4 Å². The second-order valence-corrected chi connectivity index (χ2v) is 8.20. The minimum atomic E-state index is -1.10. The molecule has 6 nitrogen and oxygen atoms in total. The van der Waals surface area contributed by atoms with Crippen LogP contribution < -0.4 is 10.1 Å². The summed E-state index contributed by atoms with van der Waals surface area (Å²) in [5, 5.41) is 11.8. The number of alkyl carbamates (subject to hydrolysis) is 1. The van der Waals surface area contributed by atoms with E-state index in [1.165, 1.54) is 32.1 Å². The van der Waals surface area contributed by atoms with Crippen LogP contribution in [-0.4, -0.2) is 35.4 Å². The first kappa shape index (κ1) is 21.1. The fourth-order valence-corrected chi connectivity index (χ4v) is 3.18. The third-order valence-electron chi connectivity index (χ3n) is 4.56. The maximum absolute atomic E-state index is 11.8. The van der Waals surface area contributed by atoms with Gasteiger partial charge in [-0.3, -0.25) is 0 Å². The van der Waals surface area contributed by atoms with Crippen molar-refractivity contribution in [1.29, 1.82) is 0 Å². The van der Waals surface area contributed by atoms with Crippen LogP contribution in [0, 0.1) is 5.92 Å². The quantitative estimate of drug-likeness (QED) is 0.745. The van der Waals surface area contributed by atoms with Crippen molar-refractivity contribution in [2.24, 2.45) is 5.92 Å². The second kappa shape index (κ2) is 9.62. The minimum Gasteiger partial charge on any atom is -0.493 e. The number of benzene rings is 1. The lowest BCUT2D eigenvalue weighted by molar-refractivity contribution is -0.139. The number of carbonyl (C=O) groups is 2. The summed E-state index contributed by atoms with van der Waals surface area (Å²) >= 11 is 0. The first-order valence-corrected chi connectivity index (χ1v) is 9.67. The third kappa shape index (κ3) is 7.89. The number of aliphatic carboxylic acids is 1. The van der Waals surface area contributed by atoms with Crippen LogP contribution in [0.15, 0.2) is 24.3 Å². The number of carboxylic acid groups (broad SMARTS) is 1. The Morgan fingerprint density at radius 2 is 1.78 bits per heavy atom. The molecule has 2 N–H and O–H groups in total. The number of hydrogen-bond acceptors (Lipinski definition) is 4. The van der Waals surface area contributed by atoms with Gasteiger partial charge in [-0.1, -0.05) is 31.4 Å². The summed E-state index contributed by atoms with van der Waals surface area (Å²) < 4.78 is 11.0. The molecule has 1 aromatic rings. The van der Waals surface area contributed by atoms with E-state index in [1.54, 1.807) is 20.8 Å². The van der Waals surface area contributed by atoms with Gasteiger partial charge in [0.05, 0.1) is 6.61 Å². The Morgan fingerprint density at radius 1 is 1.15 bits per heavy atom. The molecule has 0 bridgehead atoms. The predicted octanol–water partition coefficient (Wildman–Crippen LogP) is 4.17. The molecule has 0 radical (unpaired) electrons. The van der Waals surface area contributed by atoms with Gasteiger partial charge in [-0.05, 0) is 57.2 Å². The average molecular weight is 377 g/mol. The number of ether oxygens (including phenoxy) is 2. The molecule has 150 valence electrons. The monoisotopic (exact) mass is 377 g/mol. The highest BCUT2D eigenvalue weighted by Crippen LogP contribution is 2.24. The first-order chi connectivity index (χ1) is 12.7. The molecular weight excluding hydrogens is 346 g/mol. The summed E-state index contributed by atoms with van der Waals surface area (Å²) in [6, 6.07) is 6.33. The fourth-order valence-electron chi connectivity index (χ4n) is 3.18. The van der Waals surface area contributed by atoms with Crippen molar-refractivity contribution >= 4 is 12.1 Å². The van der Waals surface area contributed by atoms with Crippen LogP contribution in [0.5, 0.6) is 5.75 Å². The minimum absolute atomic E-state index is 0.178. The van der Waals surface area contributed by atoms with E-state index in [-0.39, 0.29) is 6.42 Å². The molecule has 1 unspecified atom stereocenters. The van der Waals surface area contributed by atoms with Crippen molar-refractivity contribution in [3.05, 3.63) is 29.8 Å². The average Bonchev–Trinajstić information content (AvgIpc) is 2.60. The Morgan fingerprint density at radius 3 is 2.33 bits per heavy atom. The molecule has 1 aliphatic carbocycles. The van der Waals surface area contributed by atoms with Crippen molar-refractivity contribution in [2.45, 2.75) is 70.9 Å². The van der Waals surface area contributed by atoms with Crippen LogP contribution >= 0.6 is 0 Å². The van der Waals surface area contributed by atoms with Crippen molar-refractivity contribution in [3.63, 3.8) is 0 Å². The molecule has 1 fully saturated rings. The molecule has 1 aromatic carbocycles. The summed E-state index contributed by atoms with van der Waals surface area (Å²) in [6.07, 6.45) is 5.80. The molecule has 0 saturated heterocycles.